The summed E-state index contributed by atoms with van der Waals surface area (Å²) in [4.78, 5) is 6.76. The van der Waals surface area contributed by atoms with Gasteiger partial charge in [0.2, 0.25) is 0 Å². The van der Waals surface area contributed by atoms with Gasteiger partial charge in [-0.2, -0.15) is 0 Å². The second kappa shape index (κ2) is 8.11. The molecule has 2 aromatic rings. The van der Waals surface area contributed by atoms with E-state index in [4.69, 9.17) is 4.43 Å². The van der Waals surface area contributed by atoms with E-state index in [9.17, 15) is 5.11 Å². The van der Waals surface area contributed by atoms with Gasteiger partial charge >= 0.3 is 0 Å². The van der Waals surface area contributed by atoms with E-state index in [2.05, 4.69) is 68.0 Å². The van der Waals surface area contributed by atoms with E-state index in [0.717, 1.165) is 25.3 Å². The Morgan fingerprint density at radius 3 is 2.50 bits per heavy atom. The van der Waals surface area contributed by atoms with Crippen molar-refractivity contribution in [1.82, 2.24) is 14.5 Å². The molecule has 1 unspecified atom stereocenters. The van der Waals surface area contributed by atoms with Crippen molar-refractivity contribution in [3.05, 3.63) is 54.1 Å². The van der Waals surface area contributed by atoms with E-state index < -0.39 is 14.4 Å². The van der Waals surface area contributed by atoms with Gasteiger partial charge in [-0.05, 0) is 30.1 Å². The fraction of sp³-hybridized carbons (Fsp3) is 0.591. The first-order valence-electron chi connectivity index (χ1n) is 10.2. The molecule has 1 saturated heterocycles. The minimum absolute atomic E-state index is 0.00363. The number of likely N-dealkylation sites (tertiary alicyclic amines) is 1. The normalized spacial score (nSPS) is 22.5. The maximum Gasteiger partial charge on any atom is 0.192 e. The van der Waals surface area contributed by atoms with Crippen molar-refractivity contribution in [2.24, 2.45) is 7.05 Å². The van der Waals surface area contributed by atoms with Gasteiger partial charge < -0.3 is 14.1 Å². The second-order valence-corrected chi connectivity index (χ2v) is 14.3. The monoisotopic (exact) mass is 401 g/mol. The second-order valence-electron chi connectivity index (χ2n) is 9.56. The molecule has 2 heterocycles. The first kappa shape index (κ1) is 21.2. The number of rotatable bonds is 6. The topological polar surface area (TPSA) is 50.5 Å². The van der Waals surface area contributed by atoms with Crippen LogP contribution in [0.5, 0.6) is 0 Å². The molecular formula is C22H35N3O2Si. The van der Waals surface area contributed by atoms with Crippen molar-refractivity contribution in [1.29, 1.82) is 0 Å². The Hall–Kier alpha value is -1.47. The number of aliphatic hydroxyl groups excluding tert-OH is 1. The van der Waals surface area contributed by atoms with Crippen LogP contribution in [0.25, 0.3) is 0 Å². The Balaban J connectivity index is 1.81. The van der Waals surface area contributed by atoms with Crippen LogP contribution in [0.1, 0.15) is 44.7 Å². The number of hydrogen-bond donors (Lipinski definition) is 1. The number of imidazole rings is 1. The minimum atomic E-state index is -1.86. The summed E-state index contributed by atoms with van der Waals surface area (Å²) in [5.74, 6) is 0.719. The number of hydrogen-bond acceptors (Lipinski definition) is 4. The zero-order valence-electron chi connectivity index (χ0n) is 18.1. The summed E-state index contributed by atoms with van der Waals surface area (Å²) < 4.78 is 8.63. The van der Waals surface area contributed by atoms with Crippen LogP contribution >= 0.6 is 0 Å². The Bertz CT molecular complexity index is 770. The van der Waals surface area contributed by atoms with Gasteiger partial charge in [-0.3, -0.25) is 4.90 Å². The SMILES string of the molecule is Cn1ccnc1C(O)[C@@H]1C[C@@H](O[Si](C)(C)C(C)(C)C)CN1Cc1ccccc1. The molecule has 1 fully saturated rings. The highest BCUT2D eigenvalue weighted by Gasteiger charge is 2.44. The Morgan fingerprint density at radius 1 is 1.25 bits per heavy atom. The Kier molecular flexibility index (Phi) is 6.15. The van der Waals surface area contributed by atoms with E-state index in [0.29, 0.717) is 0 Å². The molecule has 0 bridgehead atoms. The maximum atomic E-state index is 11.1. The van der Waals surface area contributed by atoms with Crippen LogP contribution in [0.2, 0.25) is 18.1 Å². The van der Waals surface area contributed by atoms with Crippen LogP contribution in [0.4, 0.5) is 0 Å². The van der Waals surface area contributed by atoms with Gasteiger partial charge in [0.1, 0.15) is 11.9 Å². The lowest BCUT2D eigenvalue weighted by atomic mass is 10.1. The first-order valence-corrected chi connectivity index (χ1v) is 13.1. The minimum Gasteiger partial charge on any atom is -0.413 e. The molecule has 0 saturated carbocycles. The molecule has 6 heteroatoms. The highest BCUT2D eigenvalue weighted by atomic mass is 28.4. The first-order chi connectivity index (χ1) is 13.1. The summed E-state index contributed by atoms with van der Waals surface area (Å²) in [5.41, 5.74) is 1.26. The standard InChI is InChI=1S/C22H35N3O2Si/c1-22(2,3)28(5,6)27-18-14-19(20(26)21-23-12-13-24(21)4)25(16-18)15-17-10-8-7-9-11-17/h7-13,18-20,26H,14-16H2,1-6H3/t18-,19+,20?/m1/s1. The van der Waals surface area contributed by atoms with Crippen molar-refractivity contribution in [2.45, 2.75) is 70.1 Å². The number of aryl methyl sites for hydroxylation is 1. The molecule has 0 aliphatic carbocycles. The van der Waals surface area contributed by atoms with Crippen LogP contribution in [0.15, 0.2) is 42.7 Å². The third-order valence-electron chi connectivity index (χ3n) is 6.39. The summed E-state index contributed by atoms with van der Waals surface area (Å²) >= 11 is 0. The molecule has 1 aliphatic rings. The predicted molar refractivity (Wildman–Crippen MR) is 115 cm³/mol. The van der Waals surface area contributed by atoms with Gasteiger partial charge in [0.25, 0.3) is 0 Å². The van der Waals surface area contributed by atoms with Crippen LogP contribution in [-0.4, -0.2) is 46.6 Å². The molecule has 1 aromatic heterocycles. The van der Waals surface area contributed by atoms with Gasteiger partial charge in [-0.1, -0.05) is 51.1 Å². The van der Waals surface area contributed by atoms with E-state index in [1.54, 1.807) is 6.20 Å². The zero-order chi connectivity index (χ0) is 20.5. The molecule has 1 aromatic carbocycles. The van der Waals surface area contributed by atoms with Crippen LogP contribution < -0.4 is 0 Å². The van der Waals surface area contributed by atoms with Crippen LogP contribution in [0.3, 0.4) is 0 Å². The van der Waals surface area contributed by atoms with E-state index in [-0.39, 0.29) is 17.2 Å². The van der Waals surface area contributed by atoms with Gasteiger partial charge in [0.15, 0.2) is 8.32 Å². The van der Waals surface area contributed by atoms with Crippen molar-refractivity contribution >= 4 is 8.32 Å². The number of aliphatic hydroxyl groups is 1. The lowest BCUT2D eigenvalue weighted by Gasteiger charge is -2.38. The fourth-order valence-electron chi connectivity index (χ4n) is 3.73. The Labute approximate surface area is 170 Å². The van der Waals surface area contributed by atoms with Gasteiger partial charge in [-0.15, -0.1) is 0 Å². The average molecular weight is 402 g/mol. The largest absolute Gasteiger partial charge is 0.413 e. The van der Waals surface area contributed by atoms with Crippen LogP contribution in [-0.2, 0) is 18.0 Å². The summed E-state index contributed by atoms with van der Waals surface area (Å²) in [6.45, 7) is 13.1. The number of benzene rings is 1. The maximum absolute atomic E-state index is 11.1. The van der Waals surface area contributed by atoms with Crippen molar-refractivity contribution < 1.29 is 9.53 Å². The molecule has 0 spiro atoms. The molecule has 5 nitrogen and oxygen atoms in total. The summed E-state index contributed by atoms with van der Waals surface area (Å²) in [6, 6.07) is 10.5. The molecule has 154 valence electrons. The van der Waals surface area contributed by atoms with Crippen molar-refractivity contribution in [3.8, 4) is 0 Å². The highest BCUT2D eigenvalue weighted by Crippen LogP contribution is 2.40. The quantitative estimate of drug-likeness (QED) is 0.740. The molecule has 3 rings (SSSR count). The van der Waals surface area contributed by atoms with Crippen molar-refractivity contribution in [2.75, 3.05) is 6.54 Å². The summed E-state index contributed by atoms with van der Waals surface area (Å²) in [7, 11) is 0.0740. The van der Waals surface area contributed by atoms with Crippen LogP contribution in [0, 0.1) is 0 Å². The molecule has 0 amide bonds. The van der Waals surface area contributed by atoms with E-state index in [1.165, 1.54) is 5.56 Å². The number of aromatic nitrogens is 2. The Morgan fingerprint density at radius 2 is 1.93 bits per heavy atom. The highest BCUT2D eigenvalue weighted by molar-refractivity contribution is 6.74. The van der Waals surface area contributed by atoms with Gasteiger partial charge in [-0.25, -0.2) is 4.98 Å². The van der Waals surface area contributed by atoms with E-state index in [1.807, 2.05) is 23.9 Å². The van der Waals surface area contributed by atoms with E-state index >= 15 is 0 Å². The molecule has 0 radical (unpaired) electrons. The molecule has 28 heavy (non-hydrogen) atoms. The fourth-order valence-corrected chi connectivity index (χ4v) is 5.09. The average Bonchev–Trinajstić information content (AvgIpc) is 3.20. The lowest BCUT2D eigenvalue weighted by Crippen LogP contribution is -2.44. The molecule has 1 aliphatic heterocycles. The molecule has 3 atom stereocenters. The third-order valence-corrected chi connectivity index (χ3v) is 10.9. The lowest BCUT2D eigenvalue weighted by molar-refractivity contribution is 0.0604. The van der Waals surface area contributed by atoms with Gasteiger partial charge in [0, 0.05) is 38.6 Å². The third kappa shape index (κ3) is 4.57. The summed E-state index contributed by atoms with van der Waals surface area (Å²) in [5, 5.41) is 11.3. The van der Waals surface area contributed by atoms with Crippen molar-refractivity contribution in [3.63, 3.8) is 0 Å². The summed E-state index contributed by atoms with van der Waals surface area (Å²) in [6.07, 6.45) is 3.98. The molecular weight excluding hydrogens is 366 g/mol. The predicted octanol–water partition coefficient (Wildman–Crippen LogP) is 4.12. The zero-order valence-corrected chi connectivity index (χ0v) is 19.1. The smallest absolute Gasteiger partial charge is 0.192 e. The van der Waals surface area contributed by atoms with Gasteiger partial charge in [0.05, 0.1) is 6.10 Å². The molecule has 1 N–H and O–H groups in total. The number of nitrogens with zero attached hydrogens (tertiary/aromatic N) is 3.